The summed E-state index contributed by atoms with van der Waals surface area (Å²) in [7, 11) is 4.64. The molecule has 25 heavy (non-hydrogen) atoms. The Kier molecular flexibility index (Phi) is 4.55. The van der Waals surface area contributed by atoms with E-state index in [1.807, 2.05) is 12.1 Å². The molecular weight excluding hydrogens is 324 g/mol. The third-order valence-corrected chi connectivity index (χ3v) is 3.42. The van der Waals surface area contributed by atoms with Crippen LogP contribution in [0.3, 0.4) is 0 Å². The average molecular weight is 342 g/mol. The Morgan fingerprint density at radius 1 is 1.04 bits per heavy atom. The molecule has 130 valence electrons. The summed E-state index contributed by atoms with van der Waals surface area (Å²) in [6.07, 6.45) is 1.66. The van der Waals surface area contributed by atoms with Gasteiger partial charge < -0.3 is 25.3 Å². The number of aromatic nitrogens is 4. The van der Waals surface area contributed by atoms with Crippen LogP contribution < -0.4 is 25.3 Å². The molecule has 0 atom stereocenters. The number of nitrogens with two attached hydrogens (primary N) is 1. The van der Waals surface area contributed by atoms with Gasteiger partial charge in [0.05, 0.1) is 21.3 Å². The molecule has 3 N–H and O–H groups in total. The number of rotatable bonds is 6. The molecule has 0 radical (unpaired) electrons. The zero-order valence-corrected chi connectivity index (χ0v) is 14.1. The Labute approximate surface area is 144 Å². The van der Waals surface area contributed by atoms with Crippen molar-refractivity contribution < 1.29 is 14.2 Å². The summed E-state index contributed by atoms with van der Waals surface area (Å²) in [6, 6.07) is 8.94. The van der Waals surface area contributed by atoms with Gasteiger partial charge in [0.25, 0.3) is 0 Å². The van der Waals surface area contributed by atoms with Crippen LogP contribution in [0.25, 0.3) is 5.82 Å². The van der Waals surface area contributed by atoms with E-state index in [4.69, 9.17) is 19.9 Å². The highest BCUT2D eigenvalue weighted by Gasteiger charge is 2.15. The maximum Gasteiger partial charge on any atom is 0.248 e. The number of nitrogens with one attached hydrogen (secondary N) is 1. The summed E-state index contributed by atoms with van der Waals surface area (Å²) in [5.74, 6) is 2.64. The topological polar surface area (TPSA) is 109 Å². The second-order valence-electron chi connectivity index (χ2n) is 4.93. The molecule has 0 bridgehead atoms. The lowest BCUT2D eigenvalue weighted by Crippen LogP contribution is -2.04. The smallest absolute Gasteiger partial charge is 0.248 e. The molecule has 0 saturated carbocycles. The summed E-state index contributed by atoms with van der Waals surface area (Å²) in [4.78, 5) is 8.41. The highest BCUT2D eigenvalue weighted by molar-refractivity contribution is 5.66. The van der Waals surface area contributed by atoms with Gasteiger partial charge in [-0.05, 0) is 12.1 Å². The van der Waals surface area contributed by atoms with E-state index in [9.17, 15) is 0 Å². The molecule has 0 unspecified atom stereocenters. The number of hydrogen-bond acceptors (Lipinski definition) is 8. The molecule has 0 aliphatic carbocycles. The van der Waals surface area contributed by atoms with Gasteiger partial charge in [-0.25, -0.2) is 4.98 Å². The van der Waals surface area contributed by atoms with E-state index in [0.29, 0.717) is 34.7 Å². The number of methoxy groups -OCH3 is 3. The number of hydrogen-bond donors (Lipinski definition) is 2. The zero-order chi connectivity index (χ0) is 17.8. The Bertz CT molecular complexity index is 841. The number of nitrogens with zero attached hydrogens (tertiary/aromatic N) is 4. The second-order valence-corrected chi connectivity index (χ2v) is 4.93. The number of ether oxygens (including phenoxy) is 3. The van der Waals surface area contributed by atoms with Crippen LogP contribution in [-0.2, 0) is 0 Å². The first-order chi connectivity index (χ1) is 12.2. The maximum atomic E-state index is 5.92. The van der Waals surface area contributed by atoms with E-state index < -0.39 is 0 Å². The first-order valence-corrected chi connectivity index (χ1v) is 7.37. The number of pyridine rings is 1. The van der Waals surface area contributed by atoms with Crippen molar-refractivity contribution in [1.82, 2.24) is 19.7 Å². The summed E-state index contributed by atoms with van der Waals surface area (Å²) in [5, 5.41) is 7.39. The van der Waals surface area contributed by atoms with Gasteiger partial charge >= 0.3 is 0 Å². The van der Waals surface area contributed by atoms with Crippen LogP contribution in [0.5, 0.6) is 17.2 Å². The summed E-state index contributed by atoms with van der Waals surface area (Å²) in [6.45, 7) is 0. The van der Waals surface area contributed by atoms with Gasteiger partial charge in [-0.1, -0.05) is 6.07 Å². The lowest BCUT2D eigenvalue weighted by molar-refractivity contribution is 0.324. The van der Waals surface area contributed by atoms with Crippen LogP contribution in [0.2, 0.25) is 0 Å². The summed E-state index contributed by atoms with van der Waals surface area (Å²) < 4.78 is 17.4. The minimum absolute atomic E-state index is 0.216. The van der Waals surface area contributed by atoms with Crippen LogP contribution in [-0.4, -0.2) is 41.1 Å². The van der Waals surface area contributed by atoms with Crippen molar-refractivity contribution in [3.8, 4) is 23.1 Å². The Hall–Kier alpha value is -3.49. The molecule has 9 heteroatoms. The van der Waals surface area contributed by atoms with Gasteiger partial charge in [-0.2, -0.15) is 9.67 Å². The first-order valence-electron chi connectivity index (χ1n) is 7.37. The zero-order valence-electron chi connectivity index (χ0n) is 14.1. The predicted molar refractivity (Wildman–Crippen MR) is 92.9 cm³/mol. The Morgan fingerprint density at radius 3 is 2.32 bits per heavy atom. The van der Waals surface area contributed by atoms with Gasteiger partial charge in [0, 0.05) is 24.0 Å². The van der Waals surface area contributed by atoms with Crippen molar-refractivity contribution >= 4 is 17.6 Å². The lowest BCUT2D eigenvalue weighted by Gasteiger charge is -2.14. The van der Waals surface area contributed by atoms with Crippen molar-refractivity contribution in [2.75, 3.05) is 32.4 Å². The minimum atomic E-state index is 0.216. The molecule has 0 aliphatic heterocycles. The van der Waals surface area contributed by atoms with Crippen LogP contribution in [0, 0.1) is 0 Å². The first kappa shape index (κ1) is 16.4. The largest absolute Gasteiger partial charge is 0.493 e. The predicted octanol–water partition coefficient (Wildman–Crippen LogP) is 2.01. The maximum absolute atomic E-state index is 5.92. The fourth-order valence-electron chi connectivity index (χ4n) is 2.31. The normalized spacial score (nSPS) is 10.4. The van der Waals surface area contributed by atoms with Gasteiger partial charge in [-0.3, -0.25) is 0 Å². The Balaban J connectivity index is 1.93. The molecule has 9 nitrogen and oxygen atoms in total. The van der Waals surface area contributed by atoms with Crippen LogP contribution in [0.15, 0.2) is 36.5 Å². The van der Waals surface area contributed by atoms with Crippen molar-refractivity contribution in [2.45, 2.75) is 0 Å². The molecule has 0 aliphatic rings. The van der Waals surface area contributed by atoms with Crippen LogP contribution in [0.4, 0.5) is 17.6 Å². The van der Waals surface area contributed by atoms with E-state index in [1.165, 1.54) is 4.68 Å². The minimum Gasteiger partial charge on any atom is -0.493 e. The van der Waals surface area contributed by atoms with Crippen molar-refractivity contribution in [3.63, 3.8) is 0 Å². The molecule has 0 fully saturated rings. The molecule has 2 aromatic heterocycles. The molecule has 0 saturated heterocycles. The SMILES string of the molecule is COc1cc(Nc2nc(N)n(-c3ccccn3)n2)cc(OC)c1OC. The van der Waals surface area contributed by atoms with Crippen molar-refractivity contribution in [3.05, 3.63) is 36.5 Å². The van der Waals surface area contributed by atoms with E-state index in [-0.39, 0.29) is 5.95 Å². The molecule has 2 heterocycles. The fourth-order valence-corrected chi connectivity index (χ4v) is 2.31. The van der Waals surface area contributed by atoms with Crippen molar-refractivity contribution in [2.24, 2.45) is 0 Å². The van der Waals surface area contributed by atoms with Crippen molar-refractivity contribution in [1.29, 1.82) is 0 Å². The summed E-state index contributed by atoms with van der Waals surface area (Å²) >= 11 is 0. The van der Waals surface area contributed by atoms with Gasteiger partial charge in [-0.15, -0.1) is 5.10 Å². The number of benzene rings is 1. The molecule has 3 rings (SSSR count). The highest BCUT2D eigenvalue weighted by atomic mass is 16.5. The van der Waals surface area contributed by atoms with Crippen LogP contribution in [0.1, 0.15) is 0 Å². The van der Waals surface area contributed by atoms with E-state index >= 15 is 0 Å². The third-order valence-electron chi connectivity index (χ3n) is 3.42. The van der Waals surface area contributed by atoms with E-state index in [0.717, 1.165) is 0 Å². The summed E-state index contributed by atoms with van der Waals surface area (Å²) in [5.41, 5.74) is 6.58. The Morgan fingerprint density at radius 2 is 1.76 bits per heavy atom. The molecule has 3 aromatic rings. The van der Waals surface area contributed by atoms with Crippen LogP contribution >= 0.6 is 0 Å². The number of anilines is 3. The molecule has 1 aromatic carbocycles. The highest BCUT2D eigenvalue weighted by Crippen LogP contribution is 2.40. The standard InChI is InChI=1S/C16H18N6O3/c1-23-11-8-10(9-12(24-2)14(11)25-3)19-16-20-15(17)22(21-16)13-6-4-5-7-18-13/h4-9H,1-3H3,(H3,17,19,20,21). The second kappa shape index (κ2) is 6.95. The quantitative estimate of drug-likeness (QED) is 0.700. The molecule has 0 amide bonds. The van der Waals surface area contributed by atoms with Gasteiger partial charge in [0.2, 0.25) is 17.6 Å². The van der Waals surface area contributed by atoms with Gasteiger partial charge in [0.1, 0.15) is 0 Å². The fraction of sp³-hybridized carbons (Fsp3) is 0.188. The molecular formula is C16H18N6O3. The van der Waals surface area contributed by atoms with Gasteiger partial charge in [0.15, 0.2) is 17.3 Å². The van der Waals surface area contributed by atoms with E-state index in [2.05, 4.69) is 20.4 Å². The monoisotopic (exact) mass is 342 g/mol. The molecule has 0 spiro atoms. The average Bonchev–Trinajstić information content (AvgIpc) is 3.01. The van der Waals surface area contributed by atoms with E-state index in [1.54, 1.807) is 45.7 Å². The number of nitrogen functional groups attached to an aromatic ring is 1. The third kappa shape index (κ3) is 3.25. The lowest BCUT2D eigenvalue weighted by atomic mass is 10.2.